The lowest BCUT2D eigenvalue weighted by Gasteiger charge is -2.09. The largest absolute Gasteiger partial charge is 0.478 e. The number of carbonyl (C=O) groups excluding carboxylic acids is 1. The summed E-state index contributed by atoms with van der Waals surface area (Å²) in [5, 5.41) is 11.5. The van der Waals surface area contributed by atoms with Gasteiger partial charge in [-0.3, -0.25) is 4.79 Å². The van der Waals surface area contributed by atoms with Crippen LogP contribution in [0.1, 0.15) is 20.7 Å². The van der Waals surface area contributed by atoms with Crippen molar-refractivity contribution in [3.63, 3.8) is 0 Å². The van der Waals surface area contributed by atoms with Crippen LogP contribution in [0, 0.1) is 0 Å². The van der Waals surface area contributed by atoms with E-state index < -0.39 is 21.9 Å². The molecule has 0 atom stereocenters. The van der Waals surface area contributed by atoms with Crippen LogP contribution < -0.4 is 10.0 Å². The van der Waals surface area contributed by atoms with E-state index in [1.54, 1.807) is 24.3 Å². The molecule has 0 unspecified atom stereocenters. The highest BCUT2D eigenvalue weighted by Gasteiger charge is 2.16. The minimum absolute atomic E-state index is 0.0157. The maximum absolute atomic E-state index is 12.0. The third kappa shape index (κ3) is 4.40. The Morgan fingerprint density at radius 2 is 1.46 bits per heavy atom. The zero-order valence-electron chi connectivity index (χ0n) is 12.6. The molecule has 8 heteroatoms. The zero-order chi connectivity index (χ0) is 17.6. The molecule has 3 N–H and O–H groups in total. The van der Waals surface area contributed by atoms with Gasteiger partial charge in [0.15, 0.2) is 0 Å². The molecule has 0 aliphatic heterocycles. The van der Waals surface area contributed by atoms with Gasteiger partial charge in [-0.2, -0.15) is 0 Å². The Bertz CT molecular complexity index is 835. The quantitative estimate of drug-likeness (QED) is 0.649. The van der Waals surface area contributed by atoms with Gasteiger partial charge in [-0.1, -0.05) is 30.3 Å². The Labute approximate surface area is 139 Å². The van der Waals surface area contributed by atoms with E-state index in [9.17, 15) is 18.0 Å². The summed E-state index contributed by atoms with van der Waals surface area (Å²) in [6.07, 6.45) is 0. The highest BCUT2D eigenvalue weighted by Crippen LogP contribution is 2.09. The van der Waals surface area contributed by atoms with Gasteiger partial charge in [0.2, 0.25) is 10.0 Å². The summed E-state index contributed by atoms with van der Waals surface area (Å²) in [5.41, 5.74) is -0.0872. The molecule has 0 fully saturated rings. The van der Waals surface area contributed by atoms with Crippen molar-refractivity contribution in [2.75, 3.05) is 13.1 Å². The van der Waals surface area contributed by atoms with Crippen molar-refractivity contribution < 1.29 is 23.1 Å². The summed E-state index contributed by atoms with van der Waals surface area (Å²) in [4.78, 5) is 23.2. The first kappa shape index (κ1) is 17.6. The molecule has 1 amide bonds. The molecule has 0 bridgehead atoms. The van der Waals surface area contributed by atoms with Gasteiger partial charge in [-0.15, -0.1) is 0 Å². The number of aromatic carboxylic acids is 1. The second-order valence-corrected chi connectivity index (χ2v) is 6.58. The smallest absolute Gasteiger partial charge is 0.336 e. The number of hydrogen-bond acceptors (Lipinski definition) is 4. The minimum atomic E-state index is -3.64. The van der Waals surface area contributed by atoms with Crippen molar-refractivity contribution in [3.8, 4) is 0 Å². The minimum Gasteiger partial charge on any atom is -0.478 e. The van der Waals surface area contributed by atoms with E-state index >= 15 is 0 Å². The van der Waals surface area contributed by atoms with Gasteiger partial charge in [-0.05, 0) is 24.3 Å². The topological polar surface area (TPSA) is 113 Å². The van der Waals surface area contributed by atoms with Gasteiger partial charge < -0.3 is 10.4 Å². The Hall–Kier alpha value is -2.71. The van der Waals surface area contributed by atoms with Crippen LogP contribution in [0.4, 0.5) is 0 Å². The van der Waals surface area contributed by atoms with Crippen molar-refractivity contribution in [2.45, 2.75) is 4.90 Å². The molecule has 24 heavy (non-hydrogen) atoms. The fraction of sp³-hybridized carbons (Fsp3) is 0.125. The number of benzene rings is 2. The number of carbonyl (C=O) groups is 2. The molecule has 0 heterocycles. The van der Waals surface area contributed by atoms with Gasteiger partial charge in [-0.25, -0.2) is 17.9 Å². The third-order valence-corrected chi connectivity index (χ3v) is 4.64. The van der Waals surface area contributed by atoms with Gasteiger partial charge >= 0.3 is 5.97 Å². The molecule has 0 saturated heterocycles. The summed E-state index contributed by atoms with van der Waals surface area (Å²) in [6.45, 7) is 0.0110. The number of carboxylic acids is 1. The summed E-state index contributed by atoms with van der Waals surface area (Å²) >= 11 is 0. The van der Waals surface area contributed by atoms with Gasteiger partial charge in [0.25, 0.3) is 5.91 Å². The standard InChI is InChI=1S/C16H16N2O5S/c19-15(13-8-4-5-9-14(13)16(20)21)17-10-11-18-24(22,23)12-6-2-1-3-7-12/h1-9,18H,10-11H2,(H,17,19)(H,20,21). The van der Waals surface area contributed by atoms with Crippen LogP contribution in [0.25, 0.3) is 0 Å². The van der Waals surface area contributed by atoms with Crippen LogP contribution in [0.3, 0.4) is 0 Å². The van der Waals surface area contributed by atoms with E-state index in [4.69, 9.17) is 5.11 Å². The summed E-state index contributed by atoms with van der Waals surface area (Å²) in [7, 11) is -3.64. The van der Waals surface area contributed by atoms with E-state index in [1.165, 1.54) is 30.3 Å². The molecule has 2 aromatic rings. The molecule has 0 aromatic heterocycles. The number of sulfonamides is 1. The molecule has 2 rings (SSSR count). The number of carboxylic acid groups (broad SMARTS) is 1. The Morgan fingerprint density at radius 1 is 0.875 bits per heavy atom. The van der Waals surface area contributed by atoms with Crippen LogP contribution in [-0.2, 0) is 10.0 Å². The lowest BCUT2D eigenvalue weighted by molar-refractivity contribution is 0.0691. The Kier molecular flexibility index (Phi) is 5.67. The van der Waals surface area contributed by atoms with Crippen LogP contribution in [0.5, 0.6) is 0 Å². The number of rotatable bonds is 7. The molecule has 0 aliphatic carbocycles. The fourth-order valence-electron chi connectivity index (χ4n) is 2.01. The highest BCUT2D eigenvalue weighted by molar-refractivity contribution is 7.89. The van der Waals surface area contributed by atoms with Crippen molar-refractivity contribution in [3.05, 3.63) is 65.7 Å². The summed E-state index contributed by atoms with van der Waals surface area (Å²) in [6, 6.07) is 13.7. The summed E-state index contributed by atoms with van der Waals surface area (Å²) < 4.78 is 26.3. The van der Waals surface area contributed by atoms with Gasteiger partial charge in [0.1, 0.15) is 0 Å². The lowest BCUT2D eigenvalue weighted by atomic mass is 10.1. The number of amides is 1. The third-order valence-electron chi connectivity index (χ3n) is 3.16. The van der Waals surface area contributed by atoms with E-state index in [0.717, 1.165) is 0 Å². The second kappa shape index (κ2) is 7.71. The maximum Gasteiger partial charge on any atom is 0.336 e. The highest BCUT2D eigenvalue weighted by atomic mass is 32.2. The molecular formula is C16H16N2O5S. The predicted octanol–water partition coefficient (Wildman–Crippen LogP) is 1.09. The van der Waals surface area contributed by atoms with Gasteiger partial charge in [0.05, 0.1) is 16.0 Å². The number of nitrogens with one attached hydrogen (secondary N) is 2. The molecule has 0 spiro atoms. The van der Waals surface area contributed by atoms with E-state index in [-0.39, 0.29) is 29.1 Å². The van der Waals surface area contributed by atoms with Crippen molar-refractivity contribution in [2.24, 2.45) is 0 Å². The van der Waals surface area contributed by atoms with E-state index in [2.05, 4.69) is 10.0 Å². The molecule has 0 radical (unpaired) electrons. The van der Waals surface area contributed by atoms with Crippen molar-refractivity contribution >= 4 is 21.9 Å². The van der Waals surface area contributed by atoms with E-state index in [0.29, 0.717) is 0 Å². The summed E-state index contributed by atoms with van der Waals surface area (Å²) in [5.74, 6) is -1.78. The fourth-order valence-corrected chi connectivity index (χ4v) is 3.06. The molecule has 7 nitrogen and oxygen atoms in total. The average Bonchev–Trinajstić information content (AvgIpc) is 2.59. The van der Waals surface area contributed by atoms with Crippen LogP contribution in [0.15, 0.2) is 59.5 Å². The first-order valence-electron chi connectivity index (χ1n) is 7.07. The van der Waals surface area contributed by atoms with E-state index in [1.807, 2.05) is 0 Å². The van der Waals surface area contributed by atoms with Crippen LogP contribution in [-0.4, -0.2) is 38.5 Å². The Balaban J connectivity index is 1.91. The molecule has 126 valence electrons. The van der Waals surface area contributed by atoms with Gasteiger partial charge in [0, 0.05) is 13.1 Å². The lowest BCUT2D eigenvalue weighted by Crippen LogP contribution is -2.35. The number of hydrogen-bond donors (Lipinski definition) is 3. The van der Waals surface area contributed by atoms with Crippen molar-refractivity contribution in [1.82, 2.24) is 10.0 Å². The molecular weight excluding hydrogens is 332 g/mol. The molecule has 2 aromatic carbocycles. The van der Waals surface area contributed by atoms with Crippen molar-refractivity contribution in [1.29, 1.82) is 0 Å². The molecule has 0 aliphatic rings. The first-order chi connectivity index (χ1) is 11.4. The Morgan fingerprint density at radius 3 is 2.08 bits per heavy atom. The molecule has 0 saturated carbocycles. The van der Waals surface area contributed by atoms with Crippen LogP contribution in [0.2, 0.25) is 0 Å². The predicted molar refractivity (Wildman–Crippen MR) is 87.4 cm³/mol. The zero-order valence-corrected chi connectivity index (χ0v) is 13.4. The first-order valence-corrected chi connectivity index (χ1v) is 8.55. The second-order valence-electron chi connectivity index (χ2n) is 4.82. The average molecular weight is 348 g/mol. The maximum atomic E-state index is 12.0. The van der Waals surface area contributed by atoms with Crippen LogP contribution >= 0.6 is 0 Å². The normalized spacial score (nSPS) is 11.0. The SMILES string of the molecule is O=C(O)c1ccccc1C(=O)NCCNS(=O)(=O)c1ccccc1. The monoisotopic (exact) mass is 348 g/mol.